The minimum absolute atomic E-state index is 0.120. The predicted octanol–water partition coefficient (Wildman–Crippen LogP) is 2.30. The van der Waals surface area contributed by atoms with Crippen molar-refractivity contribution in [2.75, 3.05) is 33.5 Å². The van der Waals surface area contributed by atoms with Crippen LogP contribution in [0.3, 0.4) is 0 Å². The minimum atomic E-state index is -0.566. The maximum absolute atomic E-state index is 12.2. The summed E-state index contributed by atoms with van der Waals surface area (Å²) in [6.45, 7) is 5.86. The number of hydrogen-bond donors (Lipinski definition) is 1. The highest BCUT2D eigenvalue weighted by atomic mass is 35.5. The first-order valence-corrected chi connectivity index (χ1v) is 8.87. The van der Waals surface area contributed by atoms with E-state index in [1.54, 1.807) is 24.1 Å². The summed E-state index contributed by atoms with van der Waals surface area (Å²) in [6, 6.07) is 6.97. The Kier molecular flexibility index (Phi) is 7.25. The minimum Gasteiger partial charge on any atom is -0.350 e. The van der Waals surface area contributed by atoms with Crippen molar-refractivity contribution in [1.29, 1.82) is 0 Å². The molecule has 26 heavy (non-hydrogen) atoms. The number of hydrogen-bond acceptors (Lipinski definition) is 4. The zero-order valence-corrected chi connectivity index (χ0v) is 16.2. The number of carbonyl (C=O) groups excluding carboxylic acids is 2. The lowest BCUT2D eigenvalue weighted by molar-refractivity contribution is -0.262. The Morgan fingerprint density at radius 3 is 2.50 bits per heavy atom. The van der Waals surface area contributed by atoms with E-state index in [1.807, 2.05) is 26.0 Å². The molecule has 0 saturated carbocycles. The Labute approximate surface area is 159 Å². The van der Waals surface area contributed by atoms with E-state index >= 15 is 0 Å². The van der Waals surface area contributed by atoms with E-state index in [1.165, 1.54) is 4.90 Å². The number of rotatable bonds is 7. The van der Waals surface area contributed by atoms with Crippen molar-refractivity contribution in [3.05, 3.63) is 34.9 Å². The van der Waals surface area contributed by atoms with Gasteiger partial charge < -0.3 is 24.6 Å². The van der Waals surface area contributed by atoms with Crippen LogP contribution in [0.5, 0.6) is 0 Å². The molecule has 144 valence electrons. The van der Waals surface area contributed by atoms with Gasteiger partial charge in [0.1, 0.15) is 0 Å². The van der Waals surface area contributed by atoms with Crippen LogP contribution < -0.4 is 5.32 Å². The maximum Gasteiger partial charge on any atom is 0.318 e. The van der Waals surface area contributed by atoms with Crippen LogP contribution in [0.2, 0.25) is 5.02 Å². The molecule has 1 aromatic rings. The first kappa shape index (κ1) is 20.5. The molecule has 1 N–H and O–H groups in total. The molecule has 0 atom stereocenters. The first-order valence-electron chi connectivity index (χ1n) is 8.50. The van der Waals surface area contributed by atoms with E-state index in [0.717, 1.165) is 5.56 Å². The number of nitrogens with one attached hydrogen (secondary N) is 1. The summed E-state index contributed by atoms with van der Waals surface area (Å²) in [6.07, 6.45) is 0.708. The van der Waals surface area contributed by atoms with Gasteiger partial charge in [0.2, 0.25) is 6.41 Å². The average molecular weight is 384 g/mol. The number of amides is 3. The smallest absolute Gasteiger partial charge is 0.318 e. The number of benzene rings is 1. The van der Waals surface area contributed by atoms with E-state index in [-0.39, 0.29) is 18.6 Å². The molecule has 1 aromatic carbocycles. The highest BCUT2D eigenvalue weighted by Crippen LogP contribution is 2.20. The third-order valence-electron chi connectivity index (χ3n) is 4.09. The number of urea groups is 1. The first-order chi connectivity index (χ1) is 12.3. The second-order valence-electron chi connectivity index (χ2n) is 6.89. The molecule has 1 aliphatic heterocycles. The third kappa shape index (κ3) is 6.48. The van der Waals surface area contributed by atoms with E-state index in [2.05, 4.69) is 5.32 Å². The van der Waals surface area contributed by atoms with Crippen LogP contribution in [0.4, 0.5) is 4.79 Å². The van der Waals surface area contributed by atoms with Gasteiger partial charge in [-0.3, -0.25) is 4.79 Å². The molecule has 0 aliphatic carbocycles. The molecule has 0 unspecified atom stereocenters. The fourth-order valence-electron chi connectivity index (χ4n) is 2.56. The molecule has 7 nitrogen and oxygen atoms in total. The summed E-state index contributed by atoms with van der Waals surface area (Å²) in [7, 11) is 1.71. The van der Waals surface area contributed by atoms with Crippen LogP contribution in [0.15, 0.2) is 24.3 Å². The zero-order valence-electron chi connectivity index (χ0n) is 15.4. The van der Waals surface area contributed by atoms with Crippen molar-refractivity contribution in [3.63, 3.8) is 0 Å². The Balaban J connectivity index is 1.75. The van der Waals surface area contributed by atoms with Crippen molar-refractivity contribution >= 4 is 24.0 Å². The van der Waals surface area contributed by atoms with Crippen LogP contribution >= 0.6 is 11.6 Å². The van der Waals surface area contributed by atoms with Gasteiger partial charge >= 0.3 is 6.03 Å². The van der Waals surface area contributed by atoms with Gasteiger partial charge in [-0.1, -0.05) is 23.7 Å². The normalized spacial score (nSPS) is 16.8. The molecule has 1 saturated heterocycles. The lowest BCUT2D eigenvalue weighted by Gasteiger charge is -2.36. The number of nitrogens with zero attached hydrogens (tertiary/aromatic N) is 2. The SMILES string of the molecule is CN(CC1COC(C)(C)OC1)C(=O)NCN(C=O)Cc1ccc(Cl)cc1. The van der Waals surface area contributed by atoms with Gasteiger partial charge in [-0.05, 0) is 31.5 Å². The number of ether oxygens (including phenoxy) is 2. The second-order valence-corrected chi connectivity index (χ2v) is 7.32. The monoisotopic (exact) mass is 383 g/mol. The van der Waals surface area contributed by atoms with E-state index in [0.29, 0.717) is 37.7 Å². The average Bonchev–Trinajstić information content (AvgIpc) is 2.61. The molecular weight excluding hydrogens is 358 g/mol. The predicted molar refractivity (Wildman–Crippen MR) is 98.6 cm³/mol. The fourth-order valence-corrected chi connectivity index (χ4v) is 2.69. The van der Waals surface area contributed by atoms with Gasteiger partial charge in [0, 0.05) is 31.1 Å². The van der Waals surface area contributed by atoms with E-state index < -0.39 is 5.79 Å². The van der Waals surface area contributed by atoms with Gasteiger partial charge in [0.25, 0.3) is 0 Å². The van der Waals surface area contributed by atoms with Crippen LogP contribution in [0.1, 0.15) is 19.4 Å². The Bertz CT molecular complexity index is 599. The van der Waals surface area contributed by atoms with Crippen LogP contribution in [-0.4, -0.2) is 61.5 Å². The van der Waals surface area contributed by atoms with Crippen LogP contribution in [0, 0.1) is 5.92 Å². The molecular formula is C18H26ClN3O4. The Hall–Kier alpha value is -1.83. The maximum atomic E-state index is 12.2. The summed E-state index contributed by atoms with van der Waals surface area (Å²) in [5, 5.41) is 3.38. The topological polar surface area (TPSA) is 71.1 Å². The summed E-state index contributed by atoms with van der Waals surface area (Å²) >= 11 is 5.85. The molecule has 0 spiro atoms. The molecule has 2 rings (SSSR count). The molecule has 0 bridgehead atoms. The van der Waals surface area contributed by atoms with Crippen molar-refractivity contribution < 1.29 is 19.1 Å². The summed E-state index contributed by atoms with van der Waals surface area (Å²) in [5.74, 6) is -0.446. The van der Waals surface area contributed by atoms with E-state index in [9.17, 15) is 9.59 Å². The van der Waals surface area contributed by atoms with Gasteiger partial charge in [0.15, 0.2) is 5.79 Å². The van der Waals surface area contributed by atoms with Gasteiger partial charge in [-0.25, -0.2) is 4.79 Å². The summed E-state index contributed by atoms with van der Waals surface area (Å²) in [4.78, 5) is 26.5. The highest BCUT2D eigenvalue weighted by molar-refractivity contribution is 6.30. The molecule has 0 aromatic heterocycles. The van der Waals surface area contributed by atoms with Crippen molar-refractivity contribution in [3.8, 4) is 0 Å². The van der Waals surface area contributed by atoms with Gasteiger partial charge in [-0.15, -0.1) is 0 Å². The number of carbonyl (C=O) groups is 2. The molecule has 8 heteroatoms. The quantitative estimate of drug-likeness (QED) is 0.579. The molecule has 1 fully saturated rings. The fraction of sp³-hybridized carbons (Fsp3) is 0.556. The van der Waals surface area contributed by atoms with E-state index in [4.69, 9.17) is 21.1 Å². The molecule has 0 radical (unpaired) electrons. The van der Waals surface area contributed by atoms with Crippen molar-refractivity contribution in [2.45, 2.75) is 26.2 Å². The summed E-state index contributed by atoms with van der Waals surface area (Å²) in [5.41, 5.74) is 0.934. The molecule has 3 amide bonds. The Morgan fingerprint density at radius 1 is 1.31 bits per heavy atom. The summed E-state index contributed by atoms with van der Waals surface area (Å²) < 4.78 is 11.2. The Morgan fingerprint density at radius 2 is 1.92 bits per heavy atom. The largest absolute Gasteiger partial charge is 0.350 e. The van der Waals surface area contributed by atoms with Crippen LogP contribution in [-0.2, 0) is 20.8 Å². The second kappa shape index (κ2) is 9.21. The van der Waals surface area contributed by atoms with Crippen molar-refractivity contribution in [1.82, 2.24) is 15.1 Å². The zero-order chi connectivity index (χ0) is 19.2. The molecule has 1 heterocycles. The standard InChI is InChI=1S/C18H26ClN3O4/c1-18(2)25-10-15(11-26-18)8-21(3)17(24)20-12-22(13-23)9-14-4-6-16(19)7-5-14/h4-7,13,15H,8-12H2,1-3H3,(H,20,24). The molecule has 1 aliphatic rings. The highest BCUT2D eigenvalue weighted by Gasteiger charge is 2.29. The lowest BCUT2D eigenvalue weighted by Crippen LogP contribution is -2.48. The third-order valence-corrected chi connectivity index (χ3v) is 4.35. The van der Waals surface area contributed by atoms with Crippen LogP contribution in [0.25, 0.3) is 0 Å². The van der Waals surface area contributed by atoms with Crippen molar-refractivity contribution in [2.24, 2.45) is 5.92 Å². The van der Waals surface area contributed by atoms with Gasteiger partial charge in [0.05, 0.1) is 19.9 Å². The number of halogens is 1. The lowest BCUT2D eigenvalue weighted by atomic mass is 10.1. The van der Waals surface area contributed by atoms with Gasteiger partial charge in [-0.2, -0.15) is 0 Å².